The van der Waals surface area contributed by atoms with E-state index in [4.69, 9.17) is 9.47 Å². The zero-order valence-corrected chi connectivity index (χ0v) is 12.8. The summed E-state index contributed by atoms with van der Waals surface area (Å²) in [6, 6.07) is 15.0. The summed E-state index contributed by atoms with van der Waals surface area (Å²) < 4.78 is 25.2. The van der Waals surface area contributed by atoms with Crippen molar-refractivity contribution in [1.82, 2.24) is 9.55 Å². The molecule has 0 aliphatic carbocycles. The van der Waals surface area contributed by atoms with Gasteiger partial charge in [0.2, 0.25) is 0 Å². The molecule has 0 unspecified atom stereocenters. The molecule has 0 spiro atoms. The van der Waals surface area contributed by atoms with Gasteiger partial charge in [0.15, 0.2) is 5.69 Å². The number of halogens is 1. The van der Waals surface area contributed by atoms with Crippen molar-refractivity contribution in [2.24, 2.45) is 0 Å². The molecule has 0 radical (unpaired) electrons. The molecule has 3 aromatic rings. The lowest BCUT2D eigenvalue weighted by atomic mass is 10.3. The Bertz CT molecular complexity index is 801. The molecule has 0 aliphatic rings. The zero-order valence-electron chi connectivity index (χ0n) is 12.8. The summed E-state index contributed by atoms with van der Waals surface area (Å²) >= 11 is 0. The molecule has 6 heteroatoms. The van der Waals surface area contributed by atoms with Gasteiger partial charge >= 0.3 is 5.97 Å². The summed E-state index contributed by atoms with van der Waals surface area (Å²) in [5.41, 5.74) is 0.891. The van der Waals surface area contributed by atoms with Crippen LogP contribution in [-0.4, -0.2) is 28.7 Å². The summed E-state index contributed by atoms with van der Waals surface area (Å²) in [5, 5.41) is 0. The quantitative estimate of drug-likeness (QED) is 0.515. The van der Waals surface area contributed by atoms with Crippen LogP contribution in [0, 0.1) is 5.82 Å². The highest BCUT2D eigenvalue weighted by Crippen LogP contribution is 2.13. The number of carbonyl (C=O) groups excluding carboxylic acids is 1. The number of hydrogen-bond acceptors (Lipinski definition) is 4. The van der Waals surface area contributed by atoms with Crippen LogP contribution in [0.25, 0.3) is 5.69 Å². The third-order valence-electron chi connectivity index (χ3n) is 3.28. The topological polar surface area (TPSA) is 53.4 Å². The largest absolute Gasteiger partial charge is 0.490 e. The lowest BCUT2D eigenvalue weighted by Crippen LogP contribution is -2.15. The van der Waals surface area contributed by atoms with Crippen LogP contribution in [0.2, 0.25) is 0 Å². The van der Waals surface area contributed by atoms with Gasteiger partial charge in [-0.05, 0) is 36.4 Å². The Morgan fingerprint density at radius 2 is 1.79 bits per heavy atom. The number of ether oxygens (including phenoxy) is 2. The van der Waals surface area contributed by atoms with Gasteiger partial charge in [0.25, 0.3) is 0 Å². The lowest BCUT2D eigenvalue weighted by molar-refractivity contribution is 0.0441. The molecular weight excluding hydrogens is 311 g/mol. The van der Waals surface area contributed by atoms with Crippen LogP contribution >= 0.6 is 0 Å². The Morgan fingerprint density at radius 1 is 1.04 bits per heavy atom. The maximum absolute atomic E-state index is 13.0. The second kappa shape index (κ2) is 7.41. The Hall–Kier alpha value is -3.15. The second-order valence-corrected chi connectivity index (χ2v) is 4.92. The number of benzene rings is 2. The molecule has 0 saturated carbocycles. The van der Waals surface area contributed by atoms with Gasteiger partial charge in [-0.15, -0.1) is 0 Å². The molecular formula is C18H15FN2O3. The molecule has 0 bridgehead atoms. The molecule has 3 rings (SSSR count). The fourth-order valence-corrected chi connectivity index (χ4v) is 2.14. The van der Waals surface area contributed by atoms with Crippen molar-refractivity contribution in [2.45, 2.75) is 0 Å². The first kappa shape index (κ1) is 15.7. The molecule has 1 heterocycles. The van der Waals surface area contributed by atoms with Crippen LogP contribution < -0.4 is 4.74 Å². The number of rotatable bonds is 6. The van der Waals surface area contributed by atoms with E-state index in [1.807, 2.05) is 30.3 Å². The Kier molecular flexibility index (Phi) is 4.86. The molecule has 0 fully saturated rings. The van der Waals surface area contributed by atoms with E-state index >= 15 is 0 Å². The number of nitrogens with zero attached hydrogens (tertiary/aromatic N) is 2. The van der Waals surface area contributed by atoms with Gasteiger partial charge in [0.1, 0.15) is 24.8 Å². The molecule has 0 saturated heterocycles. The molecule has 0 amide bonds. The first-order chi connectivity index (χ1) is 11.7. The SMILES string of the molecule is O=C(OCCOc1ccccc1)c1cncn1-c1ccc(F)cc1. The average Bonchev–Trinajstić information content (AvgIpc) is 3.10. The van der Waals surface area contributed by atoms with E-state index in [0.717, 1.165) is 0 Å². The Labute approximate surface area is 138 Å². The first-order valence-electron chi connectivity index (χ1n) is 7.37. The number of esters is 1. The summed E-state index contributed by atoms with van der Waals surface area (Å²) in [6.07, 6.45) is 2.88. The number of imidazole rings is 1. The van der Waals surface area contributed by atoms with E-state index in [0.29, 0.717) is 11.4 Å². The number of aromatic nitrogens is 2. The maximum atomic E-state index is 13.0. The molecule has 0 aliphatic heterocycles. The fraction of sp³-hybridized carbons (Fsp3) is 0.111. The number of carbonyl (C=O) groups is 1. The Morgan fingerprint density at radius 3 is 2.54 bits per heavy atom. The van der Waals surface area contributed by atoms with Gasteiger partial charge in [0, 0.05) is 5.69 Å². The van der Waals surface area contributed by atoms with Gasteiger partial charge in [-0.1, -0.05) is 18.2 Å². The van der Waals surface area contributed by atoms with Crippen molar-refractivity contribution in [3.63, 3.8) is 0 Å². The predicted molar refractivity (Wildman–Crippen MR) is 85.7 cm³/mol. The van der Waals surface area contributed by atoms with Crippen LogP contribution in [0.3, 0.4) is 0 Å². The summed E-state index contributed by atoms with van der Waals surface area (Å²) in [6.45, 7) is 0.364. The van der Waals surface area contributed by atoms with Crippen molar-refractivity contribution in [3.8, 4) is 11.4 Å². The molecule has 1 aromatic heterocycles. The molecule has 0 N–H and O–H groups in total. The van der Waals surface area contributed by atoms with Gasteiger partial charge in [-0.3, -0.25) is 4.57 Å². The van der Waals surface area contributed by atoms with Crippen molar-refractivity contribution < 1.29 is 18.7 Å². The third-order valence-corrected chi connectivity index (χ3v) is 3.28. The first-order valence-corrected chi connectivity index (χ1v) is 7.37. The third kappa shape index (κ3) is 3.78. The minimum Gasteiger partial charge on any atom is -0.490 e. The molecule has 5 nitrogen and oxygen atoms in total. The number of para-hydroxylation sites is 1. The minimum atomic E-state index is -0.520. The van der Waals surface area contributed by atoms with Crippen LogP contribution in [0.15, 0.2) is 67.1 Å². The normalized spacial score (nSPS) is 10.4. The monoisotopic (exact) mass is 326 g/mol. The van der Waals surface area contributed by atoms with E-state index in [1.54, 1.807) is 16.7 Å². The summed E-state index contributed by atoms with van der Waals surface area (Å²) in [7, 11) is 0. The lowest BCUT2D eigenvalue weighted by Gasteiger charge is -2.09. The smallest absolute Gasteiger partial charge is 0.357 e. The molecule has 2 aromatic carbocycles. The number of hydrogen-bond donors (Lipinski definition) is 0. The van der Waals surface area contributed by atoms with E-state index in [9.17, 15) is 9.18 Å². The van der Waals surface area contributed by atoms with Crippen molar-refractivity contribution in [1.29, 1.82) is 0 Å². The van der Waals surface area contributed by atoms with Crippen LogP contribution in [-0.2, 0) is 4.74 Å². The molecule has 0 atom stereocenters. The van der Waals surface area contributed by atoms with Crippen LogP contribution in [0.5, 0.6) is 5.75 Å². The molecule has 122 valence electrons. The van der Waals surface area contributed by atoms with Crippen LogP contribution in [0.4, 0.5) is 4.39 Å². The van der Waals surface area contributed by atoms with Gasteiger partial charge in [-0.25, -0.2) is 14.2 Å². The standard InChI is InChI=1S/C18H15FN2O3/c19-14-6-8-15(9-7-14)21-13-20-12-17(21)18(22)24-11-10-23-16-4-2-1-3-5-16/h1-9,12-13H,10-11H2. The van der Waals surface area contributed by atoms with Gasteiger partial charge in [0.05, 0.1) is 12.5 Å². The minimum absolute atomic E-state index is 0.113. The summed E-state index contributed by atoms with van der Waals surface area (Å²) in [5.74, 6) is -0.153. The predicted octanol–water partition coefficient (Wildman–Crippen LogP) is 3.25. The van der Waals surface area contributed by atoms with E-state index in [1.165, 1.54) is 24.7 Å². The van der Waals surface area contributed by atoms with E-state index < -0.39 is 5.97 Å². The maximum Gasteiger partial charge on any atom is 0.357 e. The highest BCUT2D eigenvalue weighted by Gasteiger charge is 2.14. The highest BCUT2D eigenvalue weighted by atomic mass is 19.1. The van der Waals surface area contributed by atoms with Crippen LogP contribution in [0.1, 0.15) is 10.5 Å². The second-order valence-electron chi connectivity index (χ2n) is 4.92. The van der Waals surface area contributed by atoms with E-state index in [2.05, 4.69) is 4.98 Å². The van der Waals surface area contributed by atoms with E-state index in [-0.39, 0.29) is 24.7 Å². The van der Waals surface area contributed by atoms with Crippen molar-refractivity contribution in [2.75, 3.05) is 13.2 Å². The highest BCUT2D eigenvalue weighted by molar-refractivity contribution is 5.88. The molecule has 24 heavy (non-hydrogen) atoms. The zero-order chi connectivity index (χ0) is 16.8. The Balaban J connectivity index is 1.58. The average molecular weight is 326 g/mol. The van der Waals surface area contributed by atoms with Gasteiger partial charge in [-0.2, -0.15) is 0 Å². The van der Waals surface area contributed by atoms with Crippen molar-refractivity contribution >= 4 is 5.97 Å². The van der Waals surface area contributed by atoms with Crippen molar-refractivity contribution in [3.05, 3.63) is 78.6 Å². The fourth-order valence-electron chi connectivity index (χ4n) is 2.14. The van der Waals surface area contributed by atoms with Gasteiger partial charge < -0.3 is 9.47 Å². The summed E-state index contributed by atoms with van der Waals surface area (Å²) in [4.78, 5) is 16.1.